The number of nitrogens with zero attached hydrogens (tertiary/aromatic N) is 1. The third-order valence-electron chi connectivity index (χ3n) is 3.03. The normalized spacial score (nSPS) is 12.3. The molecule has 0 saturated heterocycles. The van der Waals surface area contributed by atoms with Gasteiger partial charge in [-0.25, -0.2) is 4.79 Å². The van der Waals surface area contributed by atoms with Gasteiger partial charge in [0.25, 0.3) is 0 Å². The molecule has 0 radical (unpaired) electrons. The summed E-state index contributed by atoms with van der Waals surface area (Å²) in [6, 6.07) is 15.1. The number of para-hydroxylation sites is 1. The molecule has 0 bridgehead atoms. The van der Waals surface area contributed by atoms with E-state index < -0.39 is 16.9 Å². The second-order valence-electron chi connectivity index (χ2n) is 4.45. The number of anilines is 2. The number of benzene rings is 2. The van der Waals surface area contributed by atoms with E-state index in [0.717, 1.165) is 4.31 Å². The van der Waals surface area contributed by atoms with Crippen LogP contribution in [-0.2, 0) is 11.3 Å². The summed E-state index contributed by atoms with van der Waals surface area (Å²) in [7, 11) is 0. The Labute approximate surface area is 136 Å². The lowest BCUT2D eigenvalue weighted by molar-refractivity contribution is 0.533. The number of hydrogen-bond donors (Lipinski definition) is 0. The molecule has 0 N–H and O–H groups in total. The van der Waals surface area contributed by atoms with E-state index in [1.807, 2.05) is 0 Å². The fraction of sp³-hybridized carbons (Fsp3) is 0. The largest absolute Gasteiger partial charge is 0.755 e. The van der Waals surface area contributed by atoms with E-state index in [1.54, 1.807) is 48.5 Å². The van der Waals surface area contributed by atoms with Crippen LogP contribution in [0.2, 0.25) is 0 Å². The second-order valence-corrected chi connectivity index (χ2v) is 6.16. The molecule has 2 aromatic carbocycles. The van der Waals surface area contributed by atoms with Gasteiger partial charge in [-0.3, -0.25) is 8.51 Å². The molecule has 0 spiro atoms. The van der Waals surface area contributed by atoms with Gasteiger partial charge in [0.1, 0.15) is 11.3 Å². The van der Waals surface area contributed by atoms with E-state index in [-0.39, 0.29) is 5.69 Å². The van der Waals surface area contributed by atoms with Crippen LogP contribution in [0.3, 0.4) is 0 Å². The molecule has 1 heterocycles. The lowest BCUT2D eigenvalue weighted by Crippen LogP contribution is -2.24. The summed E-state index contributed by atoms with van der Waals surface area (Å²) in [4.78, 5) is 12.1. The Balaban J connectivity index is 2.23. The van der Waals surface area contributed by atoms with Crippen molar-refractivity contribution < 1.29 is 13.2 Å². The first-order valence-corrected chi connectivity index (χ1v) is 8.07. The zero-order valence-corrected chi connectivity index (χ0v) is 13.5. The lowest BCUT2D eigenvalue weighted by atomic mass is 10.2. The maximum Gasteiger partial charge on any atom is 0.361 e. The molecular weight excluding hydrogens is 370 g/mol. The molecule has 112 valence electrons. The molecule has 0 aliphatic heterocycles. The van der Waals surface area contributed by atoms with Crippen molar-refractivity contribution in [1.82, 2.24) is 0 Å². The molecule has 0 saturated carbocycles. The van der Waals surface area contributed by atoms with Crippen molar-refractivity contribution in [1.29, 1.82) is 0 Å². The quantitative estimate of drug-likeness (QED) is 0.516. The van der Waals surface area contributed by atoms with Crippen molar-refractivity contribution in [3.05, 3.63) is 69.5 Å². The molecule has 0 aliphatic rings. The summed E-state index contributed by atoms with van der Waals surface area (Å²) in [6.45, 7) is 0. The predicted octanol–water partition coefficient (Wildman–Crippen LogP) is 3.49. The average molecular weight is 379 g/mol. The second kappa shape index (κ2) is 6.04. The fourth-order valence-corrected chi connectivity index (χ4v) is 3.06. The van der Waals surface area contributed by atoms with Crippen LogP contribution in [-0.4, -0.2) is 8.76 Å². The molecule has 1 unspecified atom stereocenters. The van der Waals surface area contributed by atoms with Crippen molar-refractivity contribution in [3.63, 3.8) is 0 Å². The maximum atomic E-state index is 12.1. The zero-order chi connectivity index (χ0) is 15.7. The summed E-state index contributed by atoms with van der Waals surface area (Å²) >= 11 is 0.617. The summed E-state index contributed by atoms with van der Waals surface area (Å²) in [5.41, 5.74) is -0.0413. The molecule has 5 nitrogen and oxygen atoms in total. The van der Waals surface area contributed by atoms with Gasteiger partial charge in [0.2, 0.25) is 0 Å². The number of halogens is 1. The van der Waals surface area contributed by atoms with Crippen LogP contribution in [0, 0.1) is 0 Å². The molecule has 0 fully saturated rings. The van der Waals surface area contributed by atoms with E-state index in [4.69, 9.17) is 4.42 Å². The summed E-state index contributed by atoms with van der Waals surface area (Å²) in [5, 5.41) is 0.641. The highest BCUT2D eigenvalue weighted by molar-refractivity contribution is 9.10. The summed E-state index contributed by atoms with van der Waals surface area (Å²) in [5.74, 6) is 0. The molecule has 3 aromatic rings. The van der Waals surface area contributed by atoms with E-state index in [0.29, 0.717) is 21.1 Å². The van der Waals surface area contributed by atoms with Crippen LogP contribution in [0.4, 0.5) is 11.4 Å². The molecule has 7 heteroatoms. The minimum Gasteiger partial charge on any atom is -0.755 e. The highest BCUT2D eigenvalue weighted by Crippen LogP contribution is 2.28. The van der Waals surface area contributed by atoms with Gasteiger partial charge < -0.3 is 8.97 Å². The van der Waals surface area contributed by atoms with Gasteiger partial charge in [0.15, 0.2) is 0 Å². The first-order chi connectivity index (χ1) is 10.6. The Morgan fingerprint density at radius 2 is 1.86 bits per heavy atom. The van der Waals surface area contributed by atoms with Gasteiger partial charge in [-0.05, 0) is 30.3 Å². The standard InChI is InChI=1S/C15H10BrNO4S/c16-11-5-3-6-12(9-11)17(22(19)20)13-8-10-4-1-2-7-14(10)21-15(13)18/h1-9H,(H,19,20)/p-1. The van der Waals surface area contributed by atoms with E-state index in [2.05, 4.69) is 15.9 Å². The Morgan fingerprint density at radius 1 is 1.09 bits per heavy atom. The molecule has 22 heavy (non-hydrogen) atoms. The average Bonchev–Trinajstić information content (AvgIpc) is 2.48. The smallest absolute Gasteiger partial charge is 0.361 e. The highest BCUT2D eigenvalue weighted by Gasteiger charge is 2.16. The van der Waals surface area contributed by atoms with Crippen LogP contribution in [0.5, 0.6) is 0 Å². The maximum absolute atomic E-state index is 12.1. The van der Waals surface area contributed by atoms with Crippen LogP contribution < -0.4 is 9.93 Å². The van der Waals surface area contributed by atoms with Crippen molar-refractivity contribution in [3.8, 4) is 0 Å². The minimum absolute atomic E-state index is 0.0647. The number of hydrogen-bond acceptors (Lipinski definition) is 4. The van der Waals surface area contributed by atoms with Crippen molar-refractivity contribution in [2.45, 2.75) is 0 Å². The summed E-state index contributed by atoms with van der Waals surface area (Å²) in [6.07, 6.45) is 0. The molecule has 1 atom stereocenters. The van der Waals surface area contributed by atoms with Crippen LogP contribution in [0.15, 0.2) is 68.3 Å². The van der Waals surface area contributed by atoms with E-state index in [9.17, 15) is 13.6 Å². The third-order valence-corrected chi connectivity index (χ3v) is 4.23. The van der Waals surface area contributed by atoms with Crippen molar-refractivity contribution in [2.75, 3.05) is 4.31 Å². The van der Waals surface area contributed by atoms with Crippen molar-refractivity contribution in [2.24, 2.45) is 0 Å². The van der Waals surface area contributed by atoms with Gasteiger partial charge in [-0.2, -0.15) is 0 Å². The van der Waals surface area contributed by atoms with Crippen LogP contribution in [0.1, 0.15) is 0 Å². The Bertz CT molecular complexity index is 925. The van der Waals surface area contributed by atoms with Gasteiger partial charge in [-0.1, -0.05) is 40.2 Å². The van der Waals surface area contributed by atoms with Crippen LogP contribution >= 0.6 is 15.9 Å². The fourth-order valence-electron chi connectivity index (χ4n) is 2.10. The Kier molecular flexibility index (Phi) is 4.10. The molecule has 0 aliphatic carbocycles. The first kappa shape index (κ1) is 15.0. The third kappa shape index (κ3) is 2.83. The molecular formula is C15H9BrNO4S-. The zero-order valence-electron chi connectivity index (χ0n) is 11.1. The van der Waals surface area contributed by atoms with Crippen LogP contribution in [0.25, 0.3) is 11.0 Å². The van der Waals surface area contributed by atoms with Gasteiger partial charge in [-0.15, -0.1) is 0 Å². The van der Waals surface area contributed by atoms with Gasteiger partial charge in [0.05, 0.1) is 17.0 Å². The van der Waals surface area contributed by atoms with E-state index in [1.165, 1.54) is 6.07 Å². The van der Waals surface area contributed by atoms with Crippen molar-refractivity contribution >= 4 is 49.5 Å². The van der Waals surface area contributed by atoms with E-state index >= 15 is 0 Å². The number of fused-ring (bicyclic) bond motifs is 1. The molecule has 3 rings (SSSR count). The Hall–Kier alpha value is -1.96. The summed E-state index contributed by atoms with van der Waals surface area (Å²) < 4.78 is 30.1. The monoisotopic (exact) mass is 378 g/mol. The topological polar surface area (TPSA) is 73.6 Å². The Morgan fingerprint density at radius 3 is 2.59 bits per heavy atom. The lowest BCUT2D eigenvalue weighted by Gasteiger charge is -2.25. The SMILES string of the molecule is O=c1oc2ccccc2cc1N(c1cccc(Br)c1)S(=O)[O-]. The minimum atomic E-state index is -2.66. The first-order valence-electron chi connectivity index (χ1n) is 6.24. The number of rotatable bonds is 3. The van der Waals surface area contributed by atoms with Gasteiger partial charge >= 0.3 is 5.63 Å². The molecule has 0 amide bonds. The molecule has 1 aromatic heterocycles. The predicted molar refractivity (Wildman–Crippen MR) is 87.7 cm³/mol. The highest BCUT2D eigenvalue weighted by atomic mass is 79.9. The van der Waals surface area contributed by atoms with Gasteiger partial charge in [0, 0.05) is 9.86 Å².